The third-order valence-corrected chi connectivity index (χ3v) is 3.87. The first-order valence-corrected chi connectivity index (χ1v) is 7.41. The van der Waals surface area contributed by atoms with Gasteiger partial charge in [0, 0.05) is 49.9 Å². The second-order valence-corrected chi connectivity index (χ2v) is 5.93. The van der Waals surface area contributed by atoms with E-state index < -0.39 is 4.92 Å². The Kier molecular flexibility index (Phi) is 5.14. The van der Waals surface area contributed by atoms with Gasteiger partial charge in [-0.3, -0.25) is 15.0 Å². The number of piperazine rings is 1. The van der Waals surface area contributed by atoms with E-state index in [1.807, 2.05) is 0 Å². The Morgan fingerprint density at radius 3 is 2.62 bits per heavy atom. The fourth-order valence-corrected chi connectivity index (χ4v) is 2.84. The molecule has 1 aliphatic heterocycles. The van der Waals surface area contributed by atoms with E-state index in [9.17, 15) is 15.2 Å². The van der Waals surface area contributed by atoms with Crippen LogP contribution >= 0.6 is 0 Å². The molecule has 6 nitrogen and oxygen atoms in total. The first-order valence-electron chi connectivity index (χ1n) is 7.41. The van der Waals surface area contributed by atoms with Crippen LogP contribution in [0.5, 0.6) is 5.75 Å². The van der Waals surface area contributed by atoms with E-state index in [0.29, 0.717) is 11.5 Å². The largest absolute Gasteiger partial charge is 0.508 e. The zero-order valence-electron chi connectivity index (χ0n) is 12.6. The van der Waals surface area contributed by atoms with Gasteiger partial charge in [-0.05, 0) is 18.4 Å². The predicted molar refractivity (Wildman–Crippen MR) is 81.4 cm³/mol. The number of aromatic hydroxyl groups is 1. The highest BCUT2D eigenvalue weighted by atomic mass is 16.6. The van der Waals surface area contributed by atoms with Crippen molar-refractivity contribution in [1.82, 2.24) is 10.2 Å². The molecule has 0 aromatic heterocycles. The van der Waals surface area contributed by atoms with Crippen LogP contribution in [-0.4, -0.2) is 41.1 Å². The molecule has 1 fully saturated rings. The molecule has 6 heteroatoms. The van der Waals surface area contributed by atoms with E-state index in [2.05, 4.69) is 24.1 Å². The van der Waals surface area contributed by atoms with Gasteiger partial charge in [0.05, 0.1) is 4.92 Å². The Bertz CT molecular complexity index is 499. The summed E-state index contributed by atoms with van der Waals surface area (Å²) in [6.45, 7) is 7.85. The van der Waals surface area contributed by atoms with Crippen LogP contribution in [0.1, 0.15) is 31.9 Å². The molecule has 116 valence electrons. The number of hydrogen-bond donors (Lipinski definition) is 2. The maximum absolute atomic E-state index is 11.0. The number of rotatable bonds is 5. The summed E-state index contributed by atoms with van der Waals surface area (Å²) in [5, 5.41) is 24.5. The van der Waals surface area contributed by atoms with Gasteiger partial charge in [-0.1, -0.05) is 13.8 Å². The lowest BCUT2D eigenvalue weighted by Gasteiger charge is -2.36. The van der Waals surface area contributed by atoms with Gasteiger partial charge in [0.15, 0.2) is 0 Å². The molecule has 2 rings (SSSR count). The Labute approximate surface area is 124 Å². The molecule has 0 aliphatic carbocycles. The Morgan fingerprint density at radius 1 is 1.38 bits per heavy atom. The van der Waals surface area contributed by atoms with Crippen LogP contribution < -0.4 is 5.32 Å². The van der Waals surface area contributed by atoms with Crippen LogP contribution in [0.4, 0.5) is 5.69 Å². The lowest BCUT2D eigenvalue weighted by atomic mass is 9.94. The van der Waals surface area contributed by atoms with Gasteiger partial charge >= 0.3 is 0 Å². The summed E-state index contributed by atoms with van der Waals surface area (Å²) in [6, 6.07) is 4.32. The van der Waals surface area contributed by atoms with Gasteiger partial charge < -0.3 is 10.4 Å². The lowest BCUT2D eigenvalue weighted by Crippen LogP contribution is -2.45. The summed E-state index contributed by atoms with van der Waals surface area (Å²) in [4.78, 5) is 12.9. The standard InChI is InChI=1S/C15H23N3O3/c1-11(2)9-14(17-7-5-16-6-8-17)13-10-12(18(20)21)3-4-15(13)19/h3-4,10-11,14,16,19H,5-9H2,1-2H3/t14-/m1/s1. The van der Waals surface area contributed by atoms with Crippen molar-refractivity contribution in [2.24, 2.45) is 5.92 Å². The molecule has 0 bridgehead atoms. The van der Waals surface area contributed by atoms with E-state index in [1.54, 1.807) is 0 Å². The molecule has 0 amide bonds. The molecule has 0 radical (unpaired) electrons. The number of phenols is 1. The molecule has 1 aromatic rings. The number of nitrogens with one attached hydrogen (secondary N) is 1. The molecule has 21 heavy (non-hydrogen) atoms. The molecule has 0 saturated carbocycles. The van der Waals surface area contributed by atoms with Crippen molar-refractivity contribution in [2.45, 2.75) is 26.3 Å². The van der Waals surface area contributed by atoms with Crippen LogP contribution in [0, 0.1) is 16.0 Å². The fourth-order valence-electron chi connectivity index (χ4n) is 2.84. The summed E-state index contributed by atoms with van der Waals surface area (Å²) in [6.07, 6.45) is 0.870. The first kappa shape index (κ1) is 15.7. The quantitative estimate of drug-likeness (QED) is 0.643. The summed E-state index contributed by atoms with van der Waals surface area (Å²) in [7, 11) is 0. The van der Waals surface area contributed by atoms with Gasteiger partial charge in [-0.25, -0.2) is 0 Å². The summed E-state index contributed by atoms with van der Waals surface area (Å²) in [5.74, 6) is 0.591. The third kappa shape index (κ3) is 3.92. The number of phenolic OH excluding ortho intramolecular Hbond substituents is 1. The predicted octanol–water partition coefficient (Wildman–Crippen LogP) is 2.29. The van der Waals surface area contributed by atoms with E-state index in [-0.39, 0.29) is 17.5 Å². The van der Waals surface area contributed by atoms with Gasteiger partial charge in [0.1, 0.15) is 5.75 Å². The molecule has 1 atom stereocenters. The number of nitro groups is 1. The number of non-ortho nitro benzene ring substituents is 1. The minimum Gasteiger partial charge on any atom is -0.508 e. The zero-order chi connectivity index (χ0) is 15.4. The summed E-state index contributed by atoms with van der Waals surface area (Å²) in [5.41, 5.74) is 0.700. The van der Waals surface area contributed by atoms with Crippen molar-refractivity contribution < 1.29 is 10.0 Å². The lowest BCUT2D eigenvalue weighted by molar-refractivity contribution is -0.385. The molecule has 1 saturated heterocycles. The van der Waals surface area contributed by atoms with Crippen LogP contribution in [-0.2, 0) is 0 Å². The van der Waals surface area contributed by atoms with Crippen LogP contribution in [0.25, 0.3) is 0 Å². The minimum atomic E-state index is -0.410. The molecule has 1 aromatic carbocycles. The van der Waals surface area contributed by atoms with E-state index in [4.69, 9.17) is 0 Å². The maximum Gasteiger partial charge on any atom is 0.270 e. The Hall–Kier alpha value is -1.66. The highest BCUT2D eigenvalue weighted by molar-refractivity contribution is 5.44. The molecule has 1 heterocycles. The highest BCUT2D eigenvalue weighted by Crippen LogP contribution is 2.35. The van der Waals surface area contributed by atoms with Crippen molar-refractivity contribution in [3.63, 3.8) is 0 Å². The van der Waals surface area contributed by atoms with Crippen molar-refractivity contribution in [3.8, 4) is 5.75 Å². The highest BCUT2D eigenvalue weighted by Gasteiger charge is 2.26. The summed E-state index contributed by atoms with van der Waals surface area (Å²) >= 11 is 0. The Morgan fingerprint density at radius 2 is 2.05 bits per heavy atom. The SMILES string of the molecule is CC(C)C[C@H](c1cc([N+](=O)[O-])ccc1O)N1CCNCC1. The third-order valence-electron chi connectivity index (χ3n) is 3.87. The van der Waals surface area contributed by atoms with Crippen molar-refractivity contribution in [2.75, 3.05) is 26.2 Å². The molecular weight excluding hydrogens is 270 g/mol. The van der Waals surface area contributed by atoms with Crippen molar-refractivity contribution >= 4 is 5.69 Å². The average molecular weight is 293 g/mol. The molecule has 2 N–H and O–H groups in total. The Balaban J connectivity index is 2.34. The fraction of sp³-hybridized carbons (Fsp3) is 0.600. The normalized spacial score (nSPS) is 17.9. The van der Waals surface area contributed by atoms with Crippen molar-refractivity contribution in [3.05, 3.63) is 33.9 Å². The minimum absolute atomic E-state index is 0.0204. The van der Waals surface area contributed by atoms with Gasteiger partial charge in [0.2, 0.25) is 0 Å². The molecule has 0 unspecified atom stereocenters. The smallest absolute Gasteiger partial charge is 0.270 e. The molecular formula is C15H23N3O3. The van der Waals surface area contributed by atoms with Crippen LogP contribution in [0.3, 0.4) is 0 Å². The van der Waals surface area contributed by atoms with Crippen LogP contribution in [0.2, 0.25) is 0 Å². The number of nitro benzene ring substituents is 1. The second kappa shape index (κ2) is 6.87. The van der Waals surface area contributed by atoms with E-state index in [0.717, 1.165) is 32.6 Å². The van der Waals surface area contributed by atoms with Crippen LogP contribution in [0.15, 0.2) is 18.2 Å². The van der Waals surface area contributed by atoms with E-state index >= 15 is 0 Å². The molecule has 1 aliphatic rings. The zero-order valence-corrected chi connectivity index (χ0v) is 12.6. The first-order chi connectivity index (χ1) is 9.99. The van der Waals surface area contributed by atoms with Gasteiger partial charge in [-0.2, -0.15) is 0 Å². The number of nitrogens with zero attached hydrogens (tertiary/aromatic N) is 2. The topological polar surface area (TPSA) is 78.6 Å². The van der Waals surface area contributed by atoms with E-state index in [1.165, 1.54) is 18.2 Å². The van der Waals surface area contributed by atoms with Crippen molar-refractivity contribution in [1.29, 1.82) is 0 Å². The monoisotopic (exact) mass is 293 g/mol. The summed E-state index contributed by atoms with van der Waals surface area (Å²) < 4.78 is 0. The number of hydrogen-bond acceptors (Lipinski definition) is 5. The maximum atomic E-state index is 11.0. The number of benzene rings is 1. The second-order valence-electron chi connectivity index (χ2n) is 5.93. The van der Waals surface area contributed by atoms with Gasteiger partial charge in [-0.15, -0.1) is 0 Å². The average Bonchev–Trinajstić information content (AvgIpc) is 2.46. The van der Waals surface area contributed by atoms with Gasteiger partial charge in [0.25, 0.3) is 5.69 Å². The molecule has 0 spiro atoms.